The molecule has 0 spiro atoms. The van der Waals surface area contributed by atoms with E-state index in [1.807, 2.05) is 0 Å². The largest absolute Gasteiger partial charge is 0.347 e. The van der Waals surface area contributed by atoms with Crippen molar-refractivity contribution in [2.24, 2.45) is 7.05 Å². The van der Waals surface area contributed by atoms with Crippen LogP contribution in [0.2, 0.25) is 5.02 Å². The van der Waals surface area contributed by atoms with E-state index in [9.17, 15) is 13.2 Å². The Labute approximate surface area is 128 Å². The summed E-state index contributed by atoms with van der Waals surface area (Å²) in [6.45, 7) is 0.950. The lowest BCUT2D eigenvalue weighted by atomic mass is 10.2. The van der Waals surface area contributed by atoms with Crippen LogP contribution in [0.25, 0.3) is 0 Å². The maximum atomic E-state index is 12.8. The number of nitrogens with zero attached hydrogens (tertiary/aromatic N) is 4. The van der Waals surface area contributed by atoms with Gasteiger partial charge in [0.05, 0.1) is 11.2 Å². The van der Waals surface area contributed by atoms with E-state index in [-0.39, 0.29) is 29.0 Å². The maximum absolute atomic E-state index is 12.8. The fourth-order valence-electron chi connectivity index (χ4n) is 2.28. The van der Waals surface area contributed by atoms with Gasteiger partial charge in [0.1, 0.15) is 6.04 Å². The van der Waals surface area contributed by atoms with Crippen LogP contribution in [0.1, 0.15) is 0 Å². The Morgan fingerprint density at radius 1 is 1.52 bits per heavy atom. The van der Waals surface area contributed by atoms with Crippen LogP contribution >= 0.6 is 11.6 Å². The van der Waals surface area contributed by atoms with Gasteiger partial charge in [-0.3, -0.25) is 9.48 Å². The minimum atomic E-state index is -3.89. The van der Waals surface area contributed by atoms with Crippen LogP contribution < -0.4 is 5.32 Å². The van der Waals surface area contributed by atoms with Crippen molar-refractivity contribution < 1.29 is 13.2 Å². The number of hydrogen-bond acceptors (Lipinski definition) is 5. The van der Waals surface area contributed by atoms with Gasteiger partial charge in [0.25, 0.3) is 10.0 Å². The SMILES string of the molecule is CN(C)C(=O)C1CNCCN1S(=O)(=O)c1c(Cl)cnn1C. The van der Waals surface area contributed by atoms with Crippen molar-refractivity contribution >= 4 is 27.5 Å². The van der Waals surface area contributed by atoms with Crippen LogP contribution in [-0.4, -0.2) is 73.1 Å². The maximum Gasteiger partial charge on any atom is 0.262 e. The Hall–Kier alpha value is -1.16. The van der Waals surface area contributed by atoms with Crippen LogP contribution in [0, 0.1) is 0 Å². The van der Waals surface area contributed by atoms with Gasteiger partial charge >= 0.3 is 0 Å². The number of halogens is 1. The number of likely N-dealkylation sites (N-methyl/N-ethyl adjacent to an activating group) is 1. The molecule has 21 heavy (non-hydrogen) atoms. The molecule has 0 aliphatic carbocycles. The molecule has 1 atom stereocenters. The minimum absolute atomic E-state index is 0.0482. The molecule has 2 heterocycles. The summed E-state index contributed by atoms with van der Waals surface area (Å²) in [4.78, 5) is 13.6. The molecule has 0 saturated carbocycles. The first kappa shape index (κ1) is 16.2. The van der Waals surface area contributed by atoms with Gasteiger partial charge in [0.15, 0.2) is 5.03 Å². The molecule has 1 N–H and O–H groups in total. The van der Waals surface area contributed by atoms with E-state index in [0.717, 1.165) is 0 Å². The number of carbonyl (C=O) groups excluding carboxylic acids is 1. The van der Waals surface area contributed by atoms with Crippen LogP contribution in [-0.2, 0) is 21.9 Å². The number of nitrogens with one attached hydrogen (secondary N) is 1. The molecule has 10 heteroatoms. The van der Waals surface area contributed by atoms with E-state index < -0.39 is 16.1 Å². The standard InChI is InChI=1S/C11H18ClN5O3S/c1-15(2)10(18)9-7-13-4-5-17(9)21(19,20)11-8(12)6-14-16(11)3/h6,9,13H,4-5,7H2,1-3H3. The molecule has 1 aromatic rings. The van der Waals surface area contributed by atoms with Crippen molar-refractivity contribution in [3.8, 4) is 0 Å². The normalized spacial score (nSPS) is 20.5. The van der Waals surface area contributed by atoms with Gasteiger partial charge < -0.3 is 10.2 Å². The number of aromatic nitrogens is 2. The molecule has 0 aromatic carbocycles. The first-order chi connectivity index (χ1) is 9.76. The van der Waals surface area contributed by atoms with Crippen molar-refractivity contribution in [3.63, 3.8) is 0 Å². The molecule has 1 unspecified atom stereocenters. The fourth-order valence-corrected chi connectivity index (χ4v) is 4.47. The predicted molar refractivity (Wildman–Crippen MR) is 77.5 cm³/mol. The number of amides is 1. The topological polar surface area (TPSA) is 87.5 Å². The second kappa shape index (κ2) is 5.91. The van der Waals surface area contributed by atoms with Gasteiger partial charge in [0, 0.05) is 40.8 Å². The van der Waals surface area contributed by atoms with Gasteiger partial charge in [0.2, 0.25) is 5.91 Å². The monoisotopic (exact) mass is 335 g/mol. The van der Waals surface area contributed by atoms with E-state index in [2.05, 4.69) is 10.4 Å². The molecule has 0 radical (unpaired) electrons. The highest BCUT2D eigenvalue weighted by molar-refractivity contribution is 7.89. The number of hydrogen-bond donors (Lipinski definition) is 1. The molecule has 1 fully saturated rings. The van der Waals surface area contributed by atoms with Crippen LogP contribution in [0.3, 0.4) is 0 Å². The van der Waals surface area contributed by atoms with E-state index in [1.165, 1.54) is 27.1 Å². The van der Waals surface area contributed by atoms with Crippen molar-refractivity contribution in [1.82, 2.24) is 24.3 Å². The first-order valence-electron chi connectivity index (χ1n) is 6.38. The second-order valence-corrected chi connectivity index (χ2v) is 7.20. The highest BCUT2D eigenvalue weighted by Gasteiger charge is 2.40. The smallest absolute Gasteiger partial charge is 0.262 e. The highest BCUT2D eigenvalue weighted by Crippen LogP contribution is 2.26. The van der Waals surface area contributed by atoms with Gasteiger partial charge in [-0.1, -0.05) is 11.6 Å². The lowest BCUT2D eigenvalue weighted by molar-refractivity contribution is -0.133. The number of sulfonamides is 1. The van der Waals surface area contributed by atoms with E-state index >= 15 is 0 Å². The Kier molecular flexibility index (Phi) is 4.57. The molecular weight excluding hydrogens is 318 g/mol. The van der Waals surface area contributed by atoms with E-state index in [0.29, 0.717) is 6.54 Å². The van der Waals surface area contributed by atoms with Gasteiger partial charge in [-0.15, -0.1) is 0 Å². The van der Waals surface area contributed by atoms with Crippen molar-refractivity contribution in [2.45, 2.75) is 11.1 Å². The van der Waals surface area contributed by atoms with Crippen LogP contribution in [0.15, 0.2) is 11.2 Å². The Morgan fingerprint density at radius 2 is 2.19 bits per heavy atom. The van der Waals surface area contributed by atoms with Crippen molar-refractivity contribution in [1.29, 1.82) is 0 Å². The van der Waals surface area contributed by atoms with Crippen LogP contribution in [0.5, 0.6) is 0 Å². The Balaban J connectivity index is 2.44. The summed E-state index contributed by atoms with van der Waals surface area (Å²) >= 11 is 5.94. The average molecular weight is 336 g/mol. The first-order valence-corrected chi connectivity index (χ1v) is 8.20. The summed E-state index contributed by atoms with van der Waals surface area (Å²) in [7, 11) is 0.802. The lowest BCUT2D eigenvalue weighted by Gasteiger charge is -2.35. The fraction of sp³-hybridized carbons (Fsp3) is 0.636. The molecule has 1 saturated heterocycles. The third-order valence-corrected chi connectivity index (χ3v) is 5.73. The number of carbonyl (C=O) groups is 1. The molecule has 1 aromatic heterocycles. The average Bonchev–Trinajstić information content (AvgIpc) is 2.77. The zero-order chi connectivity index (χ0) is 15.8. The summed E-state index contributed by atoms with van der Waals surface area (Å²) in [6, 6.07) is -0.787. The Bertz CT molecular complexity index is 623. The summed E-state index contributed by atoms with van der Waals surface area (Å²) in [6.07, 6.45) is 1.28. The van der Waals surface area contributed by atoms with Crippen molar-refractivity contribution in [2.75, 3.05) is 33.7 Å². The molecule has 118 valence electrons. The molecule has 1 amide bonds. The highest BCUT2D eigenvalue weighted by atomic mass is 35.5. The third kappa shape index (κ3) is 2.91. The second-order valence-electron chi connectivity index (χ2n) is 4.99. The van der Waals surface area contributed by atoms with E-state index in [1.54, 1.807) is 14.1 Å². The molecule has 8 nitrogen and oxygen atoms in total. The number of aryl methyl sites for hydroxylation is 1. The molecule has 2 rings (SSSR count). The minimum Gasteiger partial charge on any atom is -0.347 e. The summed E-state index contributed by atoms with van der Waals surface area (Å²) < 4.78 is 28.0. The van der Waals surface area contributed by atoms with Crippen molar-refractivity contribution in [3.05, 3.63) is 11.2 Å². The summed E-state index contributed by atoms with van der Waals surface area (Å²) in [5, 5.41) is 6.84. The molecular formula is C11H18ClN5O3S. The van der Waals surface area contributed by atoms with Crippen LogP contribution in [0.4, 0.5) is 0 Å². The molecule has 0 bridgehead atoms. The lowest BCUT2D eigenvalue weighted by Crippen LogP contribution is -2.59. The number of rotatable bonds is 3. The quantitative estimate of drug-likeness (QED) is 0.775. The molecule has 1 aliphatic rings. The predicted octanol–water partition coefficient (Wildman–Crippen LogP) is -0.876. The third-order valence-electron chi connectivity index (χ3n) is 3.32. The summed E-state index contributed by atoms with van der Waals surface area (Å²) in [5.74, 6) is -0.274. The summed E-state index contributed by atoms with van der Waals surface area (Å²) in [5.41, 5.74) is 0. The number of piperazine rings is 1. The Morgan fingerprint density at radius 3 is 2.71 bits per heavy atom. The zero-order valence-corrected chi connectivity index (χ0v) is 13.6. The van der Waals surface area contributed by atoms with Gasteiger partial charge in [-0.25, -0.2) is 8.42 Å². The van der Waals surface area contributed by atoms with E-state index in [4.69, 9.17) is 11.6 Å². The zero-order valence-electron chi connectivity index (χ0n) is 12.1. The van der Waals surface area contributed by atoms with Gasteiger partial charge in [-0.2, -0.15) is 9.40 Å². The molecule has 1 aliphatic heterocycles. The van der Waals surface area contributed by atoms with Gasteiger partial charge in [-0.05, 0) is 0 Å².